The van der Waals surface area contributed by atoms with Crippen LogP contribution in [-0.2, 0) is 35.0 Å². The molecule has 0 aliphatic rings. The predicted octanol–water partition coefficient (Wildman–Crippen LogP) is -2.13. The van der Waals surface area contributed by atoms with E-state index in [0.29, 0.717) is 0 Å². The van der Waals surface area contributed by atoms with Crippen LogP contribution in [0.5, 0.6) is 0 Å². The molecule has 1 atom stereocenters. The molecule has 12 heteroatoms. The molecule has 2 amide bonds. The number of carbonyl (C=O) groups excluding carboxylic acids is 2. The van der Waals surface area contributed by atoms with E-state index in [0.717, 1.165) is 9.47 Å². The van der Waals surface area contributed by atoms with Gasteiger partial charge in [0.15, 0.2) is 11.2 Å². The van der Waals surface area contributed by atoms with Gasteiger partial charge in [-0.15, -0.1) is 0 Å². The Morgan fingerprint density at radius 2 is 1.89 bits per heavy atom. The molecule has 0 aliphatic carbocycles. The normalized spacial score (nSPS) is 12.0. The van der Waals surface area contributed by atoms with Crippen molar-refractivity contribution >= 4 is 28.9 Å². The Balaban J connectivity index is 2.37. The summed E-state index contributed by atoms with van der Waals surface area (Å²) in [6.07, 6.45) is 1.25. The van der Waals surface area contributed by atoms with E-state index in [1.54, 1.807) is 0 Å². The molecule has 0 saturated carbocycles. The first-order valence-electron chi connectivity index (χ1n) is 8.43. The number of carbonyl (C=O) groups is 3. The topological polar surface area (TPSA) is 149 Å². The molecule has 0 spiro atoms. The maximum atomic E-state index is 12.7. The summed E-state index contributed by atoms with van der Waals surface area (Å²) in [5, 5.41) is 11.8. The van der Waals surface area contributed by atoms with Crippen LogP contribution in [0.3, 0.4) is 0 Å². The third-order valence-corrected chi connectivity index (χ3v) is 4.39. The summed E-state index contributed by atoms with van der Waals surface area (Å²) in [4.78, 5) is 64.7. The van der Waals surface area contributed by atoms with Gasteiger partial charge in [-0.2, -0.15) is 0 Å². The quantitative estimate of drug-likeness (QED) is 0.545. The molecule has 12 nitrogen and oxygen atoms in total. The van der Waals surface area contributed by atoms with Gasteiger partial charge in [-0.25, -0.2) is 14.6 Å². The van der Waals surface area contributed by atoms with Crippen molar-refractivity contribution in [3.8, 4) is 0 Å². The zero-order chi connectivity index (χ0) is 21.2. The third-order valence-electron chi connectivity index (χ3n) is 4.39. The smallest absolute Gasteiger partial charge is 0.332 e. The van der Waals surface area contributed by atoms with Gasteiger partial charge in [0.2, 0.25) is 11.8 Å². The molecule has 1 unspecified atom stereocenters. The highest BCUT2D eigenvalue weighted by Crippen LogP contribution is 2.08. The number of hydrogen-bond acceptors (Lipinski definition) is 6. The Morgan fingerprint density at radius 1 is 1.25 bits per heavy atom. The molecule has 2 N–H and O–H groups in total. The lowest BCUT2D eigenvalue weighted by molar-refractivity contribution is -0.149. The lowest BCUT2D eigenvalue weighted by Gasteiger charge is -2.26. The number of carboxylic acid groups (broad SMARTS) is 1. The van der Waals surface area contributed by atoms with E-state index in [1.807, 2.05) is 0 Å². The largest absolute Gasteiger partial charge is 0.480 e. The Hall–Kier alpha value is -3.44. The zero-order valence-electron chi connectivity index (χ0n) is 16.0. The average Bonchev–Trinajstić information content (AvgIpc) is 3.04. The van der Waals surface area contributed by atoms with E-state index >= 15 is 0 Å². The van der Waals surface area contributed by atoms with Crippen LogP contribution in [0.25, 0.3) is 11.2 Å². The number of carboxylic acids is 1. The average molecular weight is 394 g/mol. The van der Waals surface area contributed by atoms with Gasteiger partial charge in [0, 0.05) is 34.1 Å². The summed E-state index contributed by atoms with van der Waals surface area (Å²) in [5.41, 5.74) is -0.982. The van der Waals surface area contributed by atoms with Crippen molar-refractivity contribution in [3.05, 3.63) is 27.2 Å². The second-order valence-electron chi connectivity index (χ2n) is 6.33. The van der Waals surface area contributed by atoms with E-state index in [1.165, 1.54) is 43.4 Å². The van der Waals surface area contributed by atoms with Gasteiger partial charge >= 0.3 is 11.7 Å². The summed E-state index contributed by atoms with van der Waals surface area (Å²) in [6.45, 7) is 2.38. The van der Waals surface area contributed by atoms with E-state index in [4.69, 9.17) is 0 Å². The summed E-state index contributed by atoms with van der Waals surface area (Å²) < 4.78 is 3.37. The maximum absolute atomic E-state index is 12.7. The number of imidazole rings is 1. The highest BCUT2D eigenvalue weighted by atomic mass is 16.4. The predicted molar refractivity (Wildman–Crippen MR) is 97.7 cm³/mol. The molecule has 2 aromatic heterocycles. The van der Waals surface area contributed by atoms with Crippen LogP contribution in [0.2, 0.25) is 0 Å². The molecule has 2 heterocycles. The van der Waals surface area contributed by atoms with E-state index in [9.17, 15) is 29.1 Å². The minimum Gasteiger partial charge on any atom is -0.480 e. The van der Waals surface area contributed by atoms with Gasteiger partial charge in [0.1, 0.15) is 12.6 Å². The molecule has 28 heavy (non-hydrogen) atoms. The highest BCUT2D eigenvalue weighted by Gasteiger charge is 2.26. The molecular formula is C16H22N6O6. The molecule has 0 aromatic carbocycles. The Labute approximate surface area is 159 Å². The second-order valence-corrected chi connectivity index (χ2v) is 6.33. The zero-order valence-corrected chi connectivity index (χ0v) is 16.0. The van der Waals surface area contributed by atoms with Crippen molar-refractivity contribution in [1.29, 1.82) is 0 Å². The number of aromatic nitrogens is 4. The number of hydrogen-bond donors (Lipinski definition) is 2. The van der Waals surface area contributed by atoms with Crippen molar-refractivity contribution in [2.45, 2.75) is 26.4 Å². The fraction of sp³-hybridized carbons (Fsp3) is 0.500. The molecule has 0 saturated heterocycles. The molecule has 0 aliphatic heterocycles. The second kappa shape index (κ2) is 8.06. The number of fused-ring (bicyclic) bond motifs is 1. The lowest BCUT2D eigenvalue weighted by Crippen LogP contribution is -2.48. The van der Waals surface area contributed by atoms with Crippen molar-refractivity contribution < 1.29 is 19.5 Å². The highest BCUT2D eigenvalue weighted by molar-refractivity contribution is 5.84. The van der Waals surface area contributed by atoms with Gasteiger partial charge in [0.05, 0.1) is 6.33 Å². The first kappa shape index (κ1) is 20.9. The SMILES string of the molecule is CC(=O)NCCN(C(=O)Cn1cnc2c1c(=O)n(C)c(=O)n2C)C(C)C(=O)O. The Kier molecular flexibility index (Phi) is 6.01. The van der Waals surface area contributed by atoms with Crippen LogP contribution < -0.4 is 16.6 Å². The molecular weight excluding hydrogens is 372 g/mol. The minimum atomic E-state index is -1.20. The molecule has 0 bridgehead atoms. The minimum absolute atomic E-state index is 0.0188. The van der Waals surface area contributed by atoms with E-state index in [2.05, 4.69) is 10.3 Å². The monoisotopic (exact) mass is 394 g/mol. The standard InChI is InChI=1S/C16H22N6O6/c1-9(15(26)27)22(6-5-17-10(2)23)11(24)7-21-8-18-13-12(21)14(25)20(4)16(28)19(13)3/h8-9H,5-7H2,1-4H3,(H,17,23)(H,26,27). The Bertz CT molecular complexity index is 1050. The molecule has 0 radical (unpaired) electrons. The van der Waals surface area contributed by atoms with Gasteiger partial charge in [-0.05, 0) is 6.92 Å². The van der Waals surface area contributed by atoms with Crippen LogP contribution in [0.1, 0.15) is 13.8 Å². The van der Waals surface area contributed by atoms with Crippen molar-refractivity contribution in [2.75, 3.05) is 13.1 Å². The third kappa shape index (κ3) is 3.94. The van der Waals surface area contributed by atoms with Gasteiger partial charge < -0.3 is 19.9 Å². The van der Waals surface area contributed by atoms with Gasteiger partial charge in [-0.3, -0.25) is 23.5 Å². The lowest BCUT2D eigenvalue weighted by atomic mass is 10.2. The van der Waals surface area contributed by atoms with Gasteiger partial charge in [0.25, 0.3) is 5.56 Å². The fourth-order valence-electron chi connectivity index (χ4n) is 2.77. The summed E-state index contributed by atoms with van der Waals surface area (Å²) in [6, 6.07) is -1.14. The van der Waals surface area contributed by atoms with Crippen LogP contribution >= 0.6 is 0 Å². The first-order valence-corrected chi connectivity index (χ1v) is 8.43. The van der Waals surface area contributed by atoms with Crippen LogP contribution in [0.4, 0.5) is 0 Å². The van der Waals surface area contributed by atoms with Crippen LogP contribution in [-0.4, -0.2) is 65.6 Å². The van der Waals surface area contributed by atoms with Crippen LogP contribution in [0.15, 0.2) is 15.9 Å². The molecule has 2 rings (SSSR count). The summed E-state index contributed by atoms with van der Waals surface area (Å²) in [5.74, 6) is -2.08. The number of rotatable bonds is 7. The van der Waals surface area contributed by atoms with Crippen molar-refractivity contribution in [3.63, 3.8) is 0 Å². The molecule has 2 aromatic rings. The molecule has 0 fully saturated rings. The number of nitrogens with zero attached hydrogens (tertiary/aromatic N) is 5. The fourth-order valence-corrected chi connectivity index (χ4v) is 2.77. The maximum Gasteiger partial charge on any atom is 0.332 e. The summed E-state index contributed by atoms with van der Waals surface area (Å²) in [7, 11) is 2.77. The van der Waals surface area contributed by atoms with Crippen LogP contribution in [0, 0.1) is 0 Å². The van der Waals surface area contributed by atoms with E-state index in [-0.39, 0.29) is 36.7 Å². The first-order chi connectivity index (χ1) is 13.1. The molecule has 152 valence electrons. The Morgan fingerprint density at radius 3 is 2.46 bits per heavy atom. The van der Waals surface area contributed by atoms with Crippen molar-refractivity contribution in [1.82, 2.24) is 28.9 Å². The van der Waals surface area contributed by atoms with E-state index < -0.39 is 29.2 Å². The number of nitrogens with one attached hydrogen (secondary N) is 1. The number of aliphatic carboxylic acids is 1. The number of amides is 2. The summed E-state index contributed by atoms with van der Waals surface area (Å²) >= 11 is 0. The van der Waals surface area contributed by atoms with Gasteiger partial charge in [-0.1, -0.05) is 0 Å². The number of aryl methyl sites for hydroxylation is 1. The van der Waals surface area contributed by atoms with Crippen molar-refractivity contribution in [2.24, 2.45) is 14.1 Å².